The number of anilines is 3. The Morgan fingerprint density at radius 3 is 2.40 bits per heavy atom. The van der Waals surface area contributed by atoms with E-state index >= 15 is 0 Å². The van der Waals surface area contributed by atoms with E-state index in [0.29, 0.717) is 40.8 Å². The molecule has 10 heteroatoms. The molecule has 0 fully saturated rings. The standard InChI is InChI=1S/C25H32N8O2/c1-14(2)21-18(9-26)29-12-20(33-21)32-19-8-15-16(10-30-19)22(28-7)31-11-17(15)25(6,35-23(27)34)13-24(3,4)5/h8,10-12,14H,13H2,1-7H3,(H2,27,34)(H,28,31)(H,30,32,33). The van der Waals surface area contributed by atoms with Crippen LogP contribution in [0, 0.1) is 16.7 Å². The van der Waals surface area contributed by atoms with Crippen molar-refractivity contribution in [2.45, 2.75) is 59.5 Å². The number of carbonyl (C=O) groups excluding carboxylic acids is 1. The van der Waals surface area contributed by atoms with Gasteiger partial charge in [0.15, 0.2) is 5.69 Å². The second-order valence-corrected chi connectivity index (χ2v) is 10.2. The third-order valence-electron chi connectivity index (χ3n) is 5.48. The maximum Gasteiger partial charge on any atom is 0.405 e. The number of ether oxygens (including phenoxy) is 1. The number of nitrogens with zero attached hydrogens (tertiary/aromatic N) is 5. The highest BCUT2D eigenvalue weighted by Crippen LogP contribution is 2.41. The van der Waals surface area contributed by atoms with Gasteiger partial charge in [-0.1, -0.05) is 34.6 Å². The van der Waals surface area contributed by atoms with Crippen LogP contribution in [0.15, 0.2) is 24.7 Å². The fourth-order valence-electron chi connectivity index (χ4n) is 4.33. The number of aromatic nitrogens is 4. The molecule has 0 saturated heterocycles. The number of nitriles is 1. The molecule has 3 aromatic rings. The summed E-state index contributed by atoms with van der Waals surface area (Å²) in [5.74, 6) is 1.65. The molecule has 0 aromatic carbocycles. The molecular formula is C25H32N8O2. The Morgan fingerprint density at radius 2 is 1.83 bits per heavy atom. The molecule has 1 unspecified atom stereocenters. The monoisotopic (exact) mass is 476 g/mol. The predicted octanol–water partition coefficient (Wildman–Crippen LogP) is 4.95. The largest absolute Gasteiger partial charge is 0.438 e. The van der Waals surface area contributed by atoms with Crippen molar-refractivity contribution in [3.05, 3.63) is 41.6 Å². The van der Waals surface area contributed by atoms with Gasteiger partial charge in [0.25, 0.3) is 0 Å². The fraction of sp³-hybridized carbons (Fsp3) is 0.440. The molecule has 0 aliphatic carbocycles. The lowest BCUT2D eigenvalue weighted by Crippen LogP contribution is -2.36. The molecule has 0 aliphatic heterocycles. The van der Waals surface area contributed by atoms with E-state index in [1.165, 1.54) is 6.20 Å². The van der Waals surface area contributed by atoms with E-state index in [9.17, 15) is 10.1 Å². The maximum atomic E-state index is 11.9. The van der Waals surface area contributed by atoms with Crippen molar-refractivity contribution in [2.24, 2.45) is 11.1 Å². The molecule has 0 aliphatic rings. The molecule has 184 valence electrons. The van der Waals surface area contributed by atoms with Gasteiger partial charge in [-0.05, 0) is 36.1 Å². The normalized spacial score (nSPS) is 13.2. The molecule has 3 heterocycles. The second-order valence-electron chi connectivity index (χ2n) is 10.2. The van der Waals surface area contributed by atoms with Gasteiger partial charge in [-0.2, -0.15) is 5.26 Å². The van der Waals surface area contributed by atoms with Gasteiger partial charge in [-0.15, -0.1) is 0 Å². The van der Waals surface area contributed by atoms with Crippen LogP contribution in [-0.2, 0) is 10.3 Å². The van der Waals surface area contributed by atoms with E-state index in [1.54, 1.807) is 19.4 Å². The minimum Gasteiger partial charge on any atom is -0.438 e. The third-order valence-corrected chi connectivity index (χ3v) is 5.48. The summed E-state index contributed by atoms with van der Waals surface area (Å²) in [6.07, 6.45) is 4.56. The Balaban J connectivity index is 2.16. The van der Waals surface area contributed by atoms with Gasteiger partial charge >= 0.3 is 6.09 Å². The van der Waals surface area contributed by atoms with Gasteiger partial charge < -0.3 is 21.1 Å². The SMILES string of the molecule is CNc1ncc(C(C)(CC(C)(C)C)OC(N)=O)c2cc(Nc3cnc(C#N)c(C(C)C)n3)ncc12. The molecule has 3 aromatic heterocycles. The number of fused-ring (bicyclic) bond motifs is 1. The number of nitrogens with one attached hydrogen (secondary N) is 2. The maximum absolute atomic E-state index is 11.9. The van der Waals surface area contributed by atoms with E-state index in [1.807, 2.05) is 26.8 Å². The zero-order valence-electron chi connectivity index (χ0n) is 21.2. The van der Waals surface area contributed by atoms with E-state index < -0.39 is 11.7 Å². The molecule has 1 atom stereocenters. The van der Waals surface area contributed by atoms with Gasteiger partial charge in [-0.25, -0.2) is 24.7 Å². The minimum atomic E-state index is -1.03. The number of nitrogens with two attached hydrogens (primary N) is 1. The molecule has 0 radical (unpaired) electrons. The number of hydrogen-bond donors (Lipinski definition) is 3. The quantitative estimate of drug-likeness (QED) is 0.430. The topological polar surface area (TPSA) is 152 Å². The highest BCUT2D eigenvalue weighted by atomic mass is 16.6. The van der Waals surface area contributed by atoms with Gasteiger partial charge in [0.2, 0.25) is 0 Å². The average molecular weight is 477 g/mol. The van der Waals surface area contributed by atoms with Gasteiger partial charge in [0.05, 0.1) is 11.9 Å². The Morgan fingerprint density at radius 1 is 1.11 bits per heavy atom. The highest BCUT2D eigenvalue weighted by Gasteiger charge is 2.37. The first-order valence-electron chi connectivity index (χ1n) is 11.4. The average Bonchev–Trinajstić information content (AvgIpc) is 2.76. The van der Waals surface area contributed by atoms with Crippen molar-refractivity contribution < 1.29 is 9.53 Å². The number of rotatable bonds is 7. The number of pyridine rings is 2. The lowest BCUT2D eigenvalue weighted by atomic mass is 9.78. The fourth-order valence-corrected chi connectivity index (χ4v) is 4.33. The summed E-state index contributed by atoms with van der Waals surface area (Å²) in [5, 5.41) is 17.1. The summed E-state index contributed by atoms with van der Waals surface area (Å²) >= 11 is 0. The zero-order valence-corrected chi connectivity index (χ0v) is 21.2. The number of hydrogen-bond acceptors (Lipinski definition) is 9. The molecular weight excluding hydrogens is 444 g/mol. The van der Waals surface area contributed by atoms with Gasteiger partial charge in [0.1, 0.15) is 29.1 Å². The first-order valence-corrected chi connectivity index (χ1v) is 11.4. The van der Waals surface area contributed by atoms with Crippen LogP contribution >= 0.6 is 0 Å². The number of carbonyl (C=O) groups is 1. The number of amides is 1. The van der Waals surface area contributed by atoms with Gasteiger partial charge in [0, 0.05) is 30.4 Å². The van der Waals surface area contributed by atoms with Crippen LogP contribution in [0.4, 0.5) is 22.2 Å². The van der Waals surface area contributed by atoms with Crippen LogP contribution in [0.2, 0.25) is 0 Å². The van der Waals surface area contributed by atoms with Crippen molar-refractivity contribution >= 4 is 34.3 Å². The summed E-state index contributed by atoms with van der Waals surface area (Å²) in [7, 11) is 1.78. The first kappa shape index (κ1) is 25.6. The van der Waals surface area contributed by atoms with E-state index in [-0.39, 0.29) is 11.3 Å². The summed E-state index contributed by atoms with van der Waals surface area (Å²) in [4.78, 5) is 29.7. The summed E-state index contributed by atoms with van der Waals surface area (Å²) < 4.78 is 5.69. The smallest absolute Gasteiger partial charge is 0.405 e. The third kappa shape index (κ3) is 5.74. The summed E-state index contributed by atoms with van der Waals surface area (Å²) in [5.41, 5.74) is 5.88. The van der Waals surface area contributed by atoms with Gasteiger partial charge in [-0.3, -0.25) is 0 Å². The van der Waals surface area contributed by atoms with Crippen molar-refractivity contribution in [1.29, 1.82) is 5.26 Å². The molecule has 4 N–H and O–H groups in total. The van der Waals surface area contributed by atoms with Crippen LogP contribution in [0.1, 0.15) is 70.8 Å². The molecule has 10 nitrogen and oxygen atoms in total. The van der Waals surface area contributed by atoms with Crippen LogP contribution in [-0.4, -0.2) is 33.1 Å². The van der Waals surface area contributed by atoms with Crippen LogP contribution in [0.25, 0.3) is 10.8 Å². The highest BCUT2D eigenvalue weighted by molar-refractivity contribution is 5.95. The van der Waals surface area contributed by atoms with E-state index in [0.717, 1.165) is 10.8 Å². The second kappa shape index (κ2) is 9.70. The summed E-state index contributed by atoms with van der Waals surface area (Å²) in [6.45, 7) is 12.0. The molecule has 0 spiro atoms. The minimum absolute atomic E-state index is 0.0309. The lowest BCUT2D eigenvalue weighted by molar-refractivity contribution is -0.00206. The van der Waals surface area contributed by atoms with Crippen molar-refractivity contribution in [3.63, 3.8) is 0 Å². The van der Waals surface area contributed by atoms with Crippen LogP contribution in [0.5, 0.6) is 0 Å². The van der Waals surface area contributed by atoms with Crippen molar-refractivity contribution in [3.8, 4) is 6.07 Å². The Bertz CT molecular complexity index is 1290. The Labute approximate surface area is 205 Å². The molecule has 3 rings (SSSR count). The Kier molecular flexibility index (Phi) is 7.10. The first-order chi connectivity index (χ1) is 16.4. The predicted molar refractivity (Wildman–Crippen MR) is 135 cm³/mol. The Hall–Kier alpha value is -4.00. The lowest BCUT2D eigenvalue weighted by Gasteiger charge is -2.35. The van der Waals surface area contributed by atoms with Crippen molar-refractivity contribution in [2.75, 3.05) is 17.7 Å². The van der Waals surface area contributed by atoms with Crippen LogP contribution in [0.3, 0.4) is 0 Å². The number of primary amides is 1. The molecule has 35 heavy (non-hydrogen) atoms. The van der Waals surface area contributed by atoms with E-state index in [2.05, 4.69) is 57.4 Å². The van der Waals surface area contributed by atoms with E-state index in [4.69, 9.17) is 10.5 Å². The van der Waals surface area contributed by atoms with Crippen molar-refractivity contribution in [1.82, 2.24) is 19.9 Å². The molecule has 1 amide bonds. The zero-order chi connectivity index (χ0) is 26.0. The molecule has 0 bridgehead atoms. The summed E-state index contributed by atoms with van der Waals surface area (Å²) in [6, 6.07) is 3.93. The van der Waals surface area contributed by atoms with Crippen LogP contribution < -0.4 is 16.4 Å². The molecule has 0 saturated carbocycles.